The Morgan fingerprint density at radius 2 is 0.480 bits per heavy atom. The van der Waals surface area contributed by atoms with E-state index in [4.69, 9.17) is 37.0 Å². The van der Waals surface area contributed by atoms with Gasteiger partial charge in [0.15, 0.2) is 12.2 Å². The minimum Gasteiger partial charge on any atom is -0.462 e. The summed E-state index contributed by atoms with van der Waals surface area (Å²) in [5.41, 5.74) is 0. The van der Waals surface area contributed by atoms with Gasteiger partial charge in [0, 0.05) is 25.7 Å². The van der Waals surface area contributed by atoms with Gasteiger partial charge in [-0.15, -0.1) is 0 Å². The van der Waals surface area contributed by atoms with E-state index in [0.29, 0.717) is 25.7 Å². The zero-order chi connectivity index (χ0) is 73.8. The molecule has 0 bridgehead atoms. The highest BCUT2D eigenvalue weighted by atomic mass is 31.2. The van der Waals surface area contributed by atoms with Crippen molar-refractivity contribution in [2.24, 2.45) is 23.7 Å². The lowest BCUT2D eigenvalue weighted by Crippen LogP contribution is -2.30. The van der Waals surface area contributed by atoms with Crippen LogP contribution in [-0.2, 0) is 65.4 Å². The Kier molecular flexibility index (Phi) is 68.7. The second-order valence-electron chi connectivity index (χ2n) is 30.8. The second-order valence-corrected chi connectivity index (χ2v) is 33.7. The van der Waals surface area contributed by atoms with Gasteiger partial charge in [-0.05, 0) is 49.4 Å². The SMILES string of the molecule is CCC(C)CCCCCCCCC(=O)OC[C@H](COP(=O)(O)OC[C@H](O)COP(=O)(O)OC[C@@H](COC(=O)CCCCCCCCCCCCCCCCCCC(C)C)OC(=O)CCCCCCCCCCCCCC(C)C)OC(=O)CCCCCCCCCCCCCCCCC(C)C. The number of aliphatic hydroxyl groups is 1. The van der Waals surface area contributed by atoms with Crippen LogP contribution in [-0.4, -0.2) is 96.7 Å². The van der Waals surface area contributed by atoms with E-state index < -0.39 is 97.5 Å². The molecule has 0 saturated carbocycles. The van der Waals surface area contributed by atoms with E-state index in [-0.39, 0.29) is 25.7 Å². The van der Waals surface area contributed by atoms with Crippen molar-refractivity contribution in [2.45, 2.75) is 433 Å². The average Bonchev–Trinajstić information content (AvgIpc) is 0.925. The average molecular weight is 1470 g/mol. The van der Waals surface area contributed by atoms with Crippen LogP contribution in [0.2, 0.25) is 0 Å². The molecule has 0 amide bonds. The standard InChI is InChI=1S/C81H158O17P2/c1-9-74(8)60-52-44-39-40-46-54-62-79(84)92-68-77(98-80(85)63-55-47-37-31-25-19-15-14-17-22-28-34-42-50-58-72(4)5)70-96-100(89,90)94-66-75(82)65-93-99(87,88)95-69-76(97-81(86)64-56-48-38-32-26-20-23-29-35-43-51-59-73(6)7)67-91-78(83)61-53-45-36-30-24-18-13-11-10-12-16-21-27-33-41-49-57-71(2)3/h71-77,82H,9-70H2,1-8H3,(H,87,88)(H,89,90)/t74?,75-,76-,77-/m1/s1. The van der Waals surface area contributed by atoms with Gasteiger partial charge in [-0.3, -0.25) is 37.3 Å². The quantitative estimate of drug-likeness (QED) is 0.0222. The fourth-order valence-electron chi connectivity index (χ4n) is 12.4. The number of hydrogen-bond acceptors (Lipinski definition) is 15. The first kappa shape index (κ1) is 98.1. The van der Waals surface area contributed by atoms with E-state index in [0.717, 1.165) is 120 Å². The number of rotatable bonds is 78. The fraction of sp³-hybridized carbons (Fsp3) is 0.951. The molecule has 594 valence electrons. The van der Waals surface area contributed by atoms with Crippen LogP contribution < -0.4 is 0 Å². The lowest BCUT2D eigenvalue weighted by Gasteiger charge is -2.21. The third-order valence-corrected chi connectivity index (χ3v) is 21.1. The number of hydrogen-bond donors (Lipinski definition) is 3. The Labute approximate surface area is 613 Å². The molecule has 17 nitrogen and oxygen atoms in total. The minimum absolute atomic E-state index is 0.106. The van der Waals surface area contributed by atoms with Crippen molar-refractivity contribution >= 4 is 39.5 Å². The fourth-order valence-corrected chi connectivity index (χ4v) is 14.0. The molecule has 0 aliphatic carbocycles. The molecular weight excluding hydrogens is 1310 g/mol. The van der Waals surface area contributed by atoms with Crippen molar-refractivity contribution in [1.82, 2.24) is 0 Å². The zero-order valence-corrected chi connectivity index (χ0v) is 67.6. The minimum atomic E-state index is -4.96. The summed E-state index contributed by atoms with van der Waals surface area (Å²) in [6, 6.07) is 0. The van der Waals surface area contributed by atoms with Crippen LogP contribution in [0.25, 0.3) is 0 Å². The Bertz CT molecular complexity index is 1960. The van der Waals surface area contributed by atoms with Gasteiger partial charge in [-0.25, -0.2) is 9.13 Å². The van der Waals surface area contributed by atoms with Crippen LogP contribution in [0.15, 0.2) is 0 Å². The number of aliphatic hydroxyl groups excluding tert-OH is 1. The second kappa shape index (κ2) is 70.1. The van der Waals surface area contributed by atoms with E-state index in [1.54, 1.807) is 0 Å². The van der Waals surface area contributed by atoms with Crippen LogP contribution in [0, 0.1) is 23.7 Å². The summed E-state index contributed by atoms with van der Waals surface area (Å²) in [5, 5.41) is 10.6. The summed E-state index contributed by atoms with van der Waals surface area (Å²) in [5.74, 6) is 0.989. The normalized spacial score (nSPS) is 14.3. The molecule has 0 aliphatic rings. The van der Waals surface area contributed by atoms with Crippen molar-refractivity contribution in [1.29, 1.82) is 0 Å². The largest absolute Gasteiger partial charge is 0.472 e. The number of carbonyl (C=O) groups excluding carboxylic acids is 4. The van der Waals surface area contributed by atoms with Crippen LogP contribution in [0.5, 0.6) is 0 Å². The van der Waals surface area contributed by atoms with Crippen LogP contribution >= 0.6 is 15.6 Å². The Hall–Kier alpha value is -1.94. The first-order valence-corrected chi connectivity index (χ1v) is 44.7. The number of esters is 4. The highest BCUT2D eigenvalue weighted by Crippen LogP contribution is 2.45. The van der Waals surface area contributed by atoms with Gasteiger partial charge < -0.3 is 33.8 Å². The van der Waals surface area contributed by atoms with Crippen molar-refractivity contribution in [3.8, 4) is 0 Å². The summed E-state index contributed by atoms with van der Waals surface area (Å²) in [4.78, 5) is 73.0. The molecule has 0 fully saturated rings. The van der Waals surface area contributed by atoms with Crippen LogP contribution in [0.3, 0.4) is 0 Å². The van der Waals surface area contributed by atoms with Gasteiger partial charge in [0.25, 0.3) is 0 Å². The number of carbonyl (C=O) groups is 4. The van der Waals surface area contributed by atoms with Crippen molar-refractivity contribution in [3.63, 3.8) is 0 Å². The lowest BCUT2D eigenvalue weighted by molar-refractivity contribution is -0.161. The first-order valence-electron chi connectivity index (χ1n) is 41.7. The lowest BCUT2D eigenvalue weighted by atomic mass is 10.00. The highest BCUT2D eigenvalue weighted by molar-refractivity contribution is 7.47. The molecule has 19 heteroatoms. The summed E-state index contributed by atoms with van der Waals surface area (Å²) >= 11 is 0. The molecule has 6 atom stereocenters. The van der Waals surface area contributed by atoms with Crippen molar-refractivity contribution < 1.29 is 80.2 Å². The smallest absolute Gasteiger partial charge is 0.462 e. The summed E-state index contributed by atoms with van der Waals surface area (Å²) in [7, 11) is -9.92. The molecule has 0 rings (SSSR count). The van der Waals surface area contributed by atoms with E-state index in [1.165, 1.54) is 212 Å². The molecule has 0 radical (unpaired) electrons. The Balaban J connectivity index is 5.23. The van der Waals surface area contributed by atoms with E-state index in [9.17, 15) is 43.2 Å². The maximum absolute atomic E-state index is 13.1. The Morgan fingerprint density at radius 3 is 0.710 bits per heavy atom. The maximum Gasteiger partial charge on any atom is 0.472 e. The van der Waals surface area contributed by atoms with Gasteiger partial charge in [-0.2, -0.15) is 0 Å². The monoisotopic (exact) mass is 1470 g/mol. The van der Waals surface area contributed by atoms with E-state index in [2.05, 4.69) is 55.4 Å². The topological polar surface area (TPSA) is 237 Å². The summed E-state index contributed by atoms with van der Waals surface area (Å²) in [6.07, 6.45) is 56.9. The van der Waals surface area contributed by atoms with Crippen LogP contribution in [0.4, 0.5) is 0 Å². The number of ether oxygens (including phenoxy) is 4. The molecule has 3 unspecified atom stereocenters. The van der Waals surface area contributed by atoms with Gasteiger partial charge in [0.2, 0.25) is 0 Å². The Morgan fingerprint density at radius 1 is 0.280 bits per heavy atom. The number of phosphoric ester groups is 2. The first-order chi connectivity index (χ1) is 48.1. The molecule has 0 heterocycles. The predicted molar refractivity (Wildman–Crippen MR) is 409 cm³/mol. The van der Waals surface area contributed by atoms with Gasteiger partial charge in [0.05, 0.1) is 26.4 Å². The molecular formula is C81H158O17P2. The van der Waals surface area contributed by atoms with E-state index in [1.807, 2.05) is 0 Å². The summed E-state index contributed by atoms with van der Waals surface area (Å²) < 4.78 is 68.7. The van der Waals surface area contributed by atoms with Crippen molar-refractivity contribution in [3.05, 3.63) is 0 Å². The van der Waals surface area contributed by atoms with Crippen LogP contribution in [0.1, 0.15) is 415 Å². The van der Waals surface area contributed by atoms with E-state index >= 15 is 0 Å². The summed E-state index contributed by atoms with van der Waals surface area (Å²) in [6.45, 7) is 14.3. The number of phosphoric acid groups is 2. The third-order valence-electron chi connectivity index (χ3n) is 19.2. The molecule has 0 spiro atoms. The van der Waals surface area contributed by atoms with Gasteiger partial charge in [0.1, 0.15) is 19.3 Å². The molecule has 0 aromatic carbocycles. The zero-order valence-electron chi connectivity index (χ0n) is 65.8. The molecule has 100 heavy (non-hydrogen) atoms. The molecule has 0 aromatic rings. The maximum atomic E-state index is 13.1. The molecule has 0 saturated heterocycles. The molecule has 3 N–H and O–H groups in total. The molecule has 0 aromatic heterocycles. The predicted octanol–water partition coefficient (Wildman–Crippen LogP) is 24.0. The third kappa shape index (κ3) is 73.0. The highest BCUT2D eigenvalue weighted by Gasteiger charge is 2.30. The number of unbranched alkanes of at least 4 members (excludes halogenated alkanes) is 43. The van der Waals surface area contributed by atoms with Crippen molar-refractivity contribution in [2.75, 3.05) is 39.6 Å². The van der Waals surface area contributed by atoms with Gasteiger partial charge in [-0.1, -0.05) is 364 Å². The molecule has 0 aliphatic heterocycles. The van der Waals surface area contributed by atoms with Gasteiger partial charge >= 0.3 is 39.5 Å².